The average Bonchev–Trinajstić information content (AvgIpc) is 3.16. The van der Waals surface area contributed by atoms with Crippen molar-refractivity contribution in [2.75, 3.05) is 24.2 Å². The summed E-state index contributed by atoms with van der Waals surface area (Å²) in [6.45, 7) is 1.15. The smallest absolute Gasteiger partial charge is 0.243 e. The molecule has 158 valence electrons. The van der Waals surface area contributed by atoms with Gasteiger partial charge in [0.25, 0.3) is 0 Å². The van der Waals surface area contributed by atoms with Gasteiger partial charge in [0.15, 0.2) is 5.13 Å². The van der Waals surface area contributed by atoms with Gasteiger partial charge in [0.2, 0.25) is 15.9 Å². The lowest BCUT2D eigenvalue weighted by Gasteiger charge is -2.25. The van der Waals surface area contributed by atoms with E-state index < -0.39 is 10.0 Å². The van der Waals surface area contributed by atoms with Gasteiger partial charge >= 0.3 is 0 Å². The van der Waals surface area contributed by atoms with Gasteiger partial charge in [-0.1, -0.05) is 48.1 Å². The highest BCUT2D eigenvalue weighted by Crippen LogP contribution is 2.30. The standard InChI is InChI=1S/C21H23N3O3S3/c25-20(15-28-14-16-7-3-1-4-8-16)23-21-22-18-10-9-17(13-19(18)29-21)30(26,27)24-11-5-2-6-12-24/h1,3-4,7-10,13H,2,5-6,11-12,14-15H2,(H,22,23,25). The van der Waals surface area contributed by atoms with E-state index in [9.17, 15) is 13.2 Å². The van der Waals surface area contributed by atoms with Gasteiger partial charge in [-0.25, -0.2) is 13.4 Å². The summed E-state index contributed by atoms with van der Waals surface area (Å²) in [6, 6.07) is 15.0. The number of hydrogen-bond donors (Lipinski definition) is 1. The number of benzene rings is 2. The highest BCUT2D eigenvalue weighted by Gasteiger charge is 2.26. The van der Waals surface area contributed by atoms with Crippen molar-refractivity contribution in [3.05, 3.63) is 54.1 Å². The Bertz CT molecular complexity index is 1120. The molecule has 6 nitrogen and oxygen atoms in total. The van der Waals surface area contributed by atoms with E-state index in [1.165, 1.54) is 16.9 Å². The van der Waals surface area contributed by atoms with Gasteiger partial charge < -0.3 is 5.32 Å². The molecule has 1 N–H and O–H groups in total. The van der Waals surface area contributed by atoms with Gasteiger partial charge in [-0.15, -0.1) is 11.8 Å². The highest BCUT2D eigenvalue weighted by atomic mass is 32.2. The number of sulfonamides is 1. The molecule has 1 amide bonds. The maximum Gasteiger partial charge on any atom is 0.243 e. The zero-order chi connectivity index (χ0) is 21.0. The Morgan fingerprint density at radius 3 is 2.63 bits per heavy atom. The number of hydrogen-bond acceptors (Lipinski definition) is 6. The molecule has 2 aromatic carbocycles. The number of fused-ring (bicyclic) bond motifs is 1. The number of amides is 1. The first kappa shape index (κ1) is 21.3. The Hall–Kier alpha value is -1.94. The number of anilines is 1. The Labute approximate surface area is 184 Å². The number of nitrogens with zero attached hydrogens (tertiary/aromatic N) is 2. The van der Waals surface area contributed by atoms with Crippen LogP contribution in [0.3, 0.4) is 0 Å². The van der Waals surface area contributed by atoms with Crippen molar-refractivity contribution in [1.82, 2.24) is 9.29 Å². The number of nitrogens with one attached hydrogen (secondary N) is 1. The number of carbonyl (C=O) groups excluding carboxylic acids is 1. The SMILES string of the molecule is O=C(CSCc1ccccc1)Nc1nc2ccc(S(=O)(=O)N3CCCCC3)cc2s1. The second-order valence-corrected chi connectivity index (χ2v) is 11.1. The van der Waals surface area contributed by atoms with E-state index in [0.29, 0.717) is 29.5 Å². The number of thioether (sulfide) groups is 1. The summed E-state index contributed by atoms with van der Waals surface area (Å²) in [5.41, 5.74) is 1.86. The molecule has 0 radical (unpaired) electrons. The Morgan fingerprint density at radius 1 is 1.10 bits per heavy atom. The molecule has 1 aromatic heterocycles. The zero-order valence-electron chi connectivity index (χ0n) is 16.4. The van der Waals surface area contributed by atoms with Crippen LogP contribution in [0.15, 0.2) is 53.4 Å². The van der Waals surface area contributed by atoms with Crippen molar-refractivity contribution in [1.29, 1.82) is 0 Å². The van der Waals surface area contributed by atoms with Crippen molar-refractivity contribution >= 4 is 54.4 Å². The zero-order valence-corrected chi connectivity index (χ0v) is 18.9. The molecule has 0 atom stereocenters. The third-order valence-corrected chi connectivity index (χ3v) is 8.74. The number of piperidine rings is 1. The second kappa shape index (κ2) is 9.47. The van der Waals surface area contributed by atoms with Crippen LogP contribution in [0, 0.1) is 0 Å². The third-order valence-electron chi connectivity index (χ3n) is 4.90. The van der Waals surface area contributed by atoms with Crippen LogP contribution in [0.1, 0.15) is 24.8 Å². The predicted octanol–water partition coefficient (Wildman–Crippen LogP) is 4.34. The number of aromatic nitrogens is 1. The van der Waals surface area contributed by atoms with Crippen molar-refractivity contribution in [2.24, 2.45) is 0 Å². The molecule has 0 bridgehead atoms. The molecule has 0 aliphatic carbocycles. The fraction of sp³-hybridized carbons (Fsp3) is 0.333. The molecule has 2 heterocycles. The maximum absolute atomic E-state index is 12.9. The largest absolute Gasteiger partial charge is 0.301 e. The molecule has 3 aromatic rings. The Kier molecular flexibility index (Phi) is 6.72. The molecule has 1 aliphatic rings. The number of thiazole rings is 1. The fourth-order valence-electron chi connectivity index (χ4n) is 3.36. The Balaban J connectivity index is 1.40. The lowest BCUT2D eigenvalue weighted by Crippen LogP contribution is -2.35. The van der Waals surface area contributed by atoms with Crippen LogP contribution < -0.4 is 5.32 Å². The lowest BCUT2D eigenvalue weighted by molar-refractivity contribution is -0.113. The highest BCUT2D eigenvalue weighted by molar-refractivity contribution is 7.99. The first-order valence-electron chi connectivity index (χ1n) is 9.85. The molecule has 0 unspecified atom stereocenters. The van der Waals surface area contributed by atoms with E-state index in [1.54, 1.807) is 34.3 Å². The normalized spacial score (nSPS) is 15.3. The van der Waals surface area contributed by atoms with Crippen LogP contribution >= 0.6 is 23.1 Å². The summed E-state index contributed by atoms with van der Waals surface area (Å²) >= 11 is 2.84. The van der Waals surface area contributed by atoms with Crippen LogP contribution in [0.2, 0.25) is 0 Å². The quantitative estimate of drug-likeness (QED) is 0.566. The minimum absolute atomic E-state index is 0.115. The topological polar surface area (TPSA) is 79.4 Å². The molecule has 9 heteroatoms. The molecule has 30 heavy (non-hydrogen) atoms. The summed E-state index contributed by atoms with van der Waals surface area (Å²) in [5.74, 6) is 0.988. The van der Waals surface area contributed by atoms with E-state index >= 15 is 0 Å². The molecular formula is C21H23N3O3S3. The fourth-order valence-corrected chi connectivity index (χ4v) is 6.69. The molecular weight excluding hydrogens is 438 g/mol. The second-order valence-electron chi connectivity index (χ2n) is 7.14. The van der Waals surface area contributed by atoms with E-state index in [2.05, 4.69) is 10.3 Å². The van der Waals surface area contributed by atoms with Crippen molar-refractivity contribution in [3.63, 3.8) is 0 Å². The summed E-state index contributed by atoms with van der Waals surface area (Å²) < 4.78 is 28.1. The average molecular weight is 462 g/mol. The molecule has 1 saturated heterocycles. The first-order valence-corrected chi connectivity index (χ1v) is 13.3. The van der Waals surface area contributed by atoms with Crippen molar-refractivity contribution < 1.29 is 13.2 Å². The summed E-state index contributed by atoms with van der Waals surface area (Å²) in [7, 11) is -3.48. The minimum Gasteiger partial charge on any atom is -0.301 e. The van der Waals surface area contributed by atoms with Gasteiger partial charge in [0, 0.05) is 18.8 Å². The monoisotopic (exact) mass is 461 g/mol. The molecule has 4 rings (SSSR count). The summed E-state index contributed by atoms with van der Waals surface area (Å²) in [6.07, 6.45) is 2.88. The van der Waals surface area contributed by atoms with E-state index in [0.717, 1.165) is 29.7 Å². The number of carbonyl (C=O) groups is 1. The van der Waals surface area contributed by atoms with Crippen LogP contribution in [-0.2, 0) is 20.6 Å². The predicted molar refractivity (Wildman–Crippen MR) is 123 cm³/mol. The molecule has 1 aliphatic heterocycles. The van der Waals surface area contributed by atoms with Crippen LogP contribution in [0.4, 0.5) is 5.13 Å². The van der Waals surface area contributed by atoms with Crippen LogP contribution in [0.5, 0.6) is 0 Å². The maximum atomic E-state index is 12.9. The van der Waals surface area contributed by atoms with Gasteiger partial charge in [0.05, 0.1) is 20.9 Å². The summed E-state index contributed by atoms with van der Waals surface area (Å²) in [4.78, 5) is 17.0. The van der Waals surface area contributed by atoms with E-state index in [-0.39, 0.29) is 10.8 Å². The van der Waals surface area contributed by atoms with Crippen molar-refractivity contribution in [2.45, 2.75) is 29.9 Å². The molecule has 1 fully saturated rings. The van der Waals surface area contributed by atoms with Gasteiger partial charge in [0.1, 0.15) is 0 Å². The first-order chi connectivity index (χ1) is 14.5. The summed E-state index contributed by atoms with van der Waals surface area (Å²) in [5, 5.41) is 3.32. The van der Waals surface area contributed by atoms with Gasteiger partial charge in [-0.2, -0.15) is 4.31 Å². The number of rotatable bonds is 7. The van der Waals surface area contributed by atoms with Crippen LogP contribution in [-0.4, -0.2) is 42.5 Å². The van der Waals surface area contributed by atoms with E-state index in [1.807, 2.05) is 30.3 Å². The Morgan fingerprint density at radius 2 is 1.87 bits per heavy atom. The minimum atomic E-state index is -3.48. The molecule has 0 saturated carbocycles. The van der Waals surface area contributed by atoms with Gasteiger partial charge in [-0.05, 0) is 36.6 Å². The third kappa shape index (κ3) is 5.03. The lowest BCUT2D eigenvalue weighted by atomic mass is 10.2. The van der Waals surface area contributed by atoms with Crippen molar-refractivity contribution in [3.8, 4) is 0 Å². The van der Waals surface area contributed by atoms with Crippen LogP contribution in [0.25, 0.3) is 10.2 Å². The van der Waals surface area contributed by atoms with Gasteiger partial charge in [-0.3, -0.25) is 4.79 Å². The van der Waals surface area contributed by atoms with E-state index in [4.69, 9.17) is 0 Å². The molecule has 0 spiro atoms.